The van der Waals surface area contributed by atoms with E-state index in [1.54, 1.807) is 18.4 Å². The van der Waals surface area contributed by atoms with Crippen molar-refractivity contribution >= 4 is 33.0 Å². The van der Waals surface area contributed by atoms with Crippen LogP contribution in [0.15, 0.2) is 53.9 Å². The molecule has 0 saturated carbocycles. The molecule has 3 heteroatoms. The highest BCUT2D eigenvalue weighted by atomic mass is 35.5. The summed E-state index contributed by atoms with van der Waals surface area (Å²) in [5.74, 6) is 0.836. The molecule has 3 rings (SSSR count). The predicted octanol–water partition coefficient (Wildman–Crippen LogP) is 5.24. The lowest BCUT2D eigenvalue weighted by atomic mass is 10.0. The van der Waals surface area contributed by atoms with Crippen LogP contribution in [0.4, 0.5) is 0 Å². The zero-order chi connectivity index (χ0) is 13.2. The molecule has 96 valence electrons. The van der Waals surface area contributed by atoms with E-state index in [0.717, 1.165) is 16.9 Å². The second kappa shape index (κ2) is 5.24. The Morgan fingerprint density at radius 1 is 1.11 bits per heavy atom. The first kappa shape index (κ1) is 12.5. The summed E-state index contributed by atoms with van der Waals surface area (Å²) in [5, 5.41) is 3.23. The van der Waals surface area contributed by atoms with Crippen molar-refractivity contribution in [2.45, 2.75) is 5.38 Å². The maximum atomic E-state index is 6.63. The normalized spacial score (nSPS) is 12.5. The van der Waals surface area contributed by atoms with E-state index in [2.05, 4.69) is 23.6 Å². The minimum atomic E-state index is -0.147. The zero-order valence-corrected chi connectivity index (χ0v) is 12.0. The standard InChI is InChI=1S/C16H13ClOS/c1-18-12-6-4-5-11(9-12)16(17)14-10-19-15-8-3-2-7-13(14)15/h2-10,16H,1H3. The predicted molar refractivity (Wildman–Crippen MR) is 82.5 cm³/mol. The maximum absolute atomic E-state index is 6.63. The van der Waals surface area contributed by atoms with Gasteiger partial charge >= 0.3 is 0 Å². The van der Waals surface area contributed by atoms with Crippen LogP contribution in [-0.4, -0.2) is 7.11 Å². The first-order valence-corrected chi connectivity index (χ1v) is 7.35. The van der Waals surface area contributed by atoms with Crippen LogP contribution in [0.25, 0.3) is 10.1 Å². The summed E-state index contributed by atoms with van der Waals surface area (Å²) in [5.41, 5.74) is 2.22. The van der Waals surface area contributed by atoms with Crippen molar-refractivity contribution in [2.75, 3.05) is 7.11 Å². The van der Waals surface area contributed by atoms with Crippen molar-refractivity contribution < 1.29 is 4.74 Å². The summed E-state index contributed by atoms with van der Waals surface area (Å²) < 4.78 is 6.52. The van der Waals surface area contributed by atoms with Crippen LogP contribution < -0.4 is 4.74 Å². The van der Waals surface area contributed by atoms with Crippen LogP contribution in [0.1, 0.15) is 16.5 Å². The molecule has 1 nitrogen and oxygen atoms in total. The summed E-state index contributed by atoms with van der Waals surface area (Å²) in [6, 6.07) is 16.3. The number of thiophene rings is 1. The van der Waals surface area contributed by atoms with Gasteiger partial charge in [-0.2, -0.15) is 0 Å². The van der Waals surface area contributed by atoms with E-state index in [1.165, 1.54) is 10.1 Å². The van der Waals surface area contributed by atoms with Crippen LogP contribution in [0, 0.1) is 0 Å². The molecular weight excluding hydrogens is 276 g/mol. The van der Waals surface area contributed by atoms with Crippen LogP contribution in [0.3, 0.4) is 0 Å². The number of methoxy groups -OCH3 is 1. The molecule has 2 aromatic carbocycles. The number of ether oxygens (including phenoxy) is 1. The summed E-state index contributed by atoms with van der Waals surface area (Å²) >= 11 is 8.36. The van der Waals surface area contributed by atoms with Gasteiger partial charge in [0.15, 0.2) is 0 Å². The molecule has 1 heterocycles. The molecule has 1 unspecified atom stereocenters. The summed E-state index contributed by atoms with van der Waals surface area (Å²) in [7, 11) is 1.67. The third-order valence-corrected chi connectivity index (χ3v) is 4.64. The smallest absolute Gasteiger partial charge is 0.119 e. The van der Waals surface area contributed by atoms with Crippen LogP contribution >= 0.6 is 22.9 Å². The van der Waals surface area contributed by atoms with Crippen LogP contribution in [0.5, 0.6) is 5.75 Å². The number of alkyl halides is 1. The number of hydrogen-bond acceptors (Lipinski definition) is 2. The van der Waals surface area contributed by atoms with Crippen molar-refractivity contribution in [3.8, 4) is 5.75 Å². The third kappa shape index (κ3) is 2.34. The highest BCUT2D eigenvalue weighted by Crippen LogP contribution is 2.38. The van der Waals surface area contributed by atoms with Gasteiger partial charge in [-0.15, -0.1) is 22.9 Å². The Labute approximate surface area is 121 Å². The van der Waals surface area contributed by atoms with Gasteiger partial charge in [0.2, 0.25) is 0 Å². The summed E-state index contributed by atoms with van der Waals surface area (Å²) in [6.45, 7) is 0. The number of hydrogen-bond donors (Lipinski definition) is 0. The molecule has 0 amide bonds. The third-order valence-electron chi connectivity index (χ3n) is 3.17. The Hall–Kier alpha value is -1.51. The molecule has 0 fully saturated rings. The fourth-order valence-electron chi connectivity index (χ4n) is 2.17. The molecule has 0 aliphatic heterocycles. The molecule has 1 aromatic heterocycles. The maximum Gasteiger partial charge on any atom is 0.119 e. The van der Waals surface area contributed by atoms with Crippen molar-refractivity contribution in [3.05, 3.63) is 65.0 Å². The van der Waals surface area contributed by atoms with Gasteiger partial charge in [-0.1, -0.05) is 30.3 Å². The first-order valence-electron chi connectivity index (χ1n) is 6.04. The fourth-order valence-corrected chi connectivity index (χ4v) is 3.55. The molecule has 0 N–H and O–H groups in total. The number of benzene rings is 2. The Kier molecular flexibility index (Phi) is 3.45. The Bertz CT molecular complexity index is 705. The summed E-state index contributed by atoms with van der Waals surface area (Å²) in [4.78, 5) is 0. The molecule has 19 heavy (non-hydrogen) atoms. The fraction of sp³-hybridized carbons (Fsp3) is 0.125. The van der Waals surface area contributed by atoms with Gasteiger partial charge in [-0.05, 0) is 40.1 Å². The molecule has 0 saturated heterocycles. The highest BCUT2D eigenvalue weighted by molar-refractivity contribution is 7.17. The van der Waals surface area contributed by atoms with Gasteiger partial charge in [0.05, 0.1) is 12.5 Å². The number of fused-ring (bicyclic) bond motifs is 1. The molecule has 0 radical (unpaired) electrons. The van der Waals surface area contributed by atoms with Crippen LogP contribution in [-0.2, 0) is 0 Å². The van der Waals surface area contributed by atoms with Gasteiger partial charge in [0, 0.05) is 4.70 Å². The minimum Gasteiger partial charge on any atom is -0.497 e. The van der Waals surface area contributed by atoms with E-state index in [9.17, 15) is 0 Å². The quantitative estimate of drug-likeness (QED) is 0.599. The van der Waals surface area contributed by atoms with E-state index in [-0.39, 0.29) is 5.38 Å². The summed E-state index contributed by atoms with van der Waals surface area (Å²) in [6.07, 6.45) is 0. The van der Waals surface area contributed by atoms with Crippen molar-refractivity contribution in [1.29, 1.82) is 0 Å². The average Bonchev–Trinajstić information content (AvgIpc) is 2.90. The van der Waals surface area contributed by atoms with Gasteiger partial charge in [0.25, 0.3) is 0 Å². The molecule has 0 aliphatic rings. The second-order valence-electron chi connectivity index (χ2n) is 4.33. The zero-order valence-electron chi connectivity index (χ0n) is 10.5. The van der Waals surface area contributed by atoms with Gasteiger partial charge in [-0.25, -0.2) is 0 Å². The van der Waals surface area contributed by atoms with E-state index >= 15 is 0 Å². The molecule has 0 spiro atoms. The monoisotopic (exact) mass is 288 g/mol. The topological polar surface area (TPSA) is 9.23 Å². The number of halogens is 1. The molecule has 0 aliphatic carbocycles. The lowest BCUT2D eigenvalue weighted by molar-refractivity contribution is 0.414. The van der Waals surface area contributed by atoms with Crippen molar-refractivity contribution in [2.24, 2.45) is 0 Å². The Morgan fingerprint density at radius 3 is 2.79 bits per heavy atom. The van der Waals surface area contributed by atoms with E-state index in [4.69, 9.17) is 16.3 Å². The average molecular weight is 289 g/mol. The van der Waals surface area contributed by atoms with Crippen LogP contribution in [0.2, 0.25) is 0 Å². The SMILES string of the molecule is COc1cccc(C(Cl)c2csc3ccccc23)c1. The van der Waals surface area contributed by atoms with Gasteiger partial charge in [0.1, 0.15) is 5.75 Å². The molecule has 0 bridgehead atoms. The van der Waals surface area contributed by atoms with Gasteiger partial charge in [-0.3, -0.25) is 0 Å². The lowest BCUT2D eigenvalue weighted by Gasteiger charge is -2.10. The molecule has 3 aromatic rings. The van der Waals surface area contributed by atoms with Crippen molar-refractivity contribution in [3.63, 3.8) is 0 Å². The van der Waals surface area contributed by atoms with E-state index < -0.39 is 0 Å². The largest absolute Gasteiger partial charge is 0.497 e. The lowest BCUT2D eigenvalue weighted by Crippen LogP contribution is -1.93. The Morgan fingerprint density at radius 2 is 1.95 bits per heavy atom. The highest BCUT2D eigenvalue weighted by Gasteiger charge is 2.15. The Balaban J connectivity index is 2.05. The molecular formula is C16H13ClOS. The number of rotatable bonds is 3. The van der Waals surface area contributed by atoms with Crippen molar-refractivity contribution in [1.82, 2.24) is 0 Å². The first-order chi connectivity index (χ1) is 9.29. The minimum absolute atomic E-state index is 0.147. The van der Waals surface area contributed by atoms with E-state index in [0.29, 0.717) is 0 Å². The molecule has 1 atom stereocenters. The van der Waals surface area contributed by atoms with E-state index in [1.807, 2.05) is 30.3 Å². The van der Waals surface area contributed by atoms with Gasteiger partial charge < -0.3 is 4.74 Å². The second-order valence-corrected chi connectivity index (χ2v) is 5.67.